The number of nitrogens with two attached hydrogens (primary N) is 1. The smallest absolute Gasteiger partial charge is 0.258 e. The highest BCUT2D eigenvalue weighted by Crippen LogP contribution is 2.41. The van der Waals surface area contributed by atoms with Crippen molar-refractivity contribution in [1.82, 2.24) is 10.1 Å². The fourth-order valence-electron chi connectivity index (χ4n) is 2.12. The molecule has 2 heterocycles. The number of benzene rings is 1. The van der Waals surface area contributed by atoms with E-state index in [9.17, 15) is 0 Å². The lowest BCUT2D eigenvalue weighted by Crippen LogP contribution is -2.16. The molecule has 1 aromatic carbocycles. The third-order valence-electron chi connectivity index (χ3n) is 3.05. The molecule has 1 aromatic heterocycles. The summed E-state index contributed by atoms with van der Waals surface area (Å²) < 4.78 is 6.31. The van der Waals surface area contributed by atoms with Crippen LogP contribution in [-0.2, 0) is 0 Å². The van der Waals surface area contributed by atoms with E-state index < -0.39 is 0 Å². The summed E-state index contributed by atoms with van der Waals surface area (Å²) >= 11 is 7.29. The highest BCUT2D eigenvalue weighted by Gasteiger charge is 2.28. The van der Waals surface area contributed by atoms with Crippen LogP contribution < -0.4 is 5.73 Å². The molecule has 1 aliphatic rings. The molecule has 0 bridgehead atoms. The normalized spacial score (nSPS) is 22.9. The molecule has 0 saturated carbocycles. The van der Waals surface area contributed by atoms with Gasteiger partial charge in [-0.3, -0.25) is 0 Å². The van der Waals surface area contributed by atoms with Crippen molar-refractivity contribution in [3.8, 4) is 11.5 Å². The minimum absolute atomic E-state index is 0.302. The van der Waals surface area contributed by atoms with Crippen LogP contribution in [0.4, 0.5) is 5.69 Å². The number of aromatic nitrogens is 2. The van der Waals surface area contributed by atoms with Crippen LogP contribution in [0.2, 0.25) is 0 Å². The Labute approximate surface area is 134 Å². The average molecular weight is 372 g/mol. The zero-order chi connectivity index (χ0) is 14.1. The molecule has 106 valence electrons. The van der Waals surface area contributed by atoms with Crippen molar-refractivity contribution in [3.63, 3.8) is 0 Å². The Balaban J connectivity index is 1.89. The van der Waals surface area contributed by atoms with Crippen LogP contribution in [0.3, 0.4) is 0 Å². The van der Waals surface area contributed by atoms with Crippen molar-refractivity contribution in [2.24, 2.45) is 0 Å². The van der Waals surface area contributed by atoms with E-state index in [4.69, 9.17) is 10.3 Å². The number of nitrogens with zero attached hydrogens (tertiary/aromatic N) is 2. The zero-order valence-electron chi connectivity index (χ0n) is 10.9. The molecule has 1 fully saturated rings. The highest BCUT2D eigenvalue weighted by atomic mass is 79.9. The van der Waals surface area contributed by atoms with Crippen LogP contribution in [0.5, 0.6) is 0 Å². The lowest BCUT2D eigenvalue weighted by molar-refractivity contribution is 0.422. The predicted molar refractivity (Wildman–Crippen MR) is 89.0 cm³/mol. The fraction of sp³-hybridized carbons (Fsp3) is 0.385. The maximum Gasteiger partial charge on any atom is 0.258 e. The third kappa shape index (κ3) is 2.99. The molecule has 3 rings (SSSR count). The summed E-state index contributed by atoms with van der Waals surface area (Å²) in [7, 11) is 0. The Morgan fingerprint density at radius 3 is 2.85 bits per heavy atom. The minimum Gasteiger partial charge on any atom is -0.399 e. The molecule has 2 atom stereocenters. The molecule has 7 heteroatoms. The standard InChI is InChI=1S/C13H14BrN3OS2/c1-7-11(20-3-2-19-7)12-16-13(18-17-12)8-4-9(14)6-10(15)5-8/h4-7,11H,2-3,15H2,1H3. The van der Waals surface area contributed by atoms with Crippen LogP contribution in [0.25, 0.3) is 11.5 Å². The zero-order valence-corrected chi connectivity index (χ0v) is 14.1. The van der Waals surface area contributed by atoms with Crippen LogP contribution in [0.1, 0.15) is 18.0 Å². The van der Waals surface area contributed by atoms with E-state index in [1.54, 1.807) is 0 Å². The number of hydrogen-bond donors (Lipinski definition) is 1. The van der Waals surface area contributed by atoms with E-state index in [0.29, 0.717) is 22.1 Å². The molecule has 0 spiro atoms. The van der Waals surface area contributed by atoms with Crippen molar-refractivity contribution in [2.75, 3.05) is 17.2 Å². The number of thioether (sulfide) groups is 2. The second-order valence-corrected chi connectivity index (χ2v) is 8.25. The van der Waals surface area contributed by atoms with Gasteiger partial charge in [-0.05, 0) is 18.2 Å². The Hall–Kier alpha value is -0.660. The molecule has 2 N–H and O–H groups in total. The van der Waals surface area contributed by atoms with Gasteiger partial charge in [0.1, 0.15) is 0 Å². The molecule has 0 radical (unpaired) electrons. The Morgan fingerprint density at radius 2 is 2.10 bits per heavy atom. The van der Waals surface area contributed by atoms with Gasteiger partial charge < -0.3 is 10.3 Å². The maximum atomic E-state index is 5.84. The lowest BCUT2D eigenvalue weighted by atomic mass is 10.2. The summed E-state index contributed by atoms with van der Waals surface area (Å²) in [5, 5.41) is 4.96. The van der Waals surface area contributed by atoms with Gasteiger partial charge in [-0.15, -0.1) is 11.8 Å². The molecule has 0 amide bonds. The fourth-order valence-corrected chi connectivity index (χ4v) is 5.31. The van der Waals surface area contributed by atoms with Gasteiger partial charge in [0.15, 0.2) is 5.82 Å². The van der Waals surface area contributed by atoms with E-state index >= 15 is 0 Å². The first-order chi connectivity index (χ1) is 9.63. The van der Waals surface area contributed by atoms with Crippen LogP contribution in [0.15, 0.2) is 27.2 Å². The Morgan fingerprint density at radius 1 is 1.30 bits per heavy atom. The van der Waals surface area contributed by atoms with Crippen molar-refractivity contribution < 1.29 is 4.52 Å². The van der Waals surface area contributed by atoms with Crippen LogP contribution in [-0.4, -0.2) is 26.9 Å². The van der Waals surface area contributed by atoms with Gasteiger partial charge >= 0.3 is 0 Å². The number of nitrogen functional groups attached to an aromatic ring is 1. The summed E-state index contributed by atoms with van der Waals surface area (Å²) in [4.78, 5) is 4.55. The quantitative estimate of drug-likeness (QED) is 0.805. The van der Waals surface area contributed by atoms with E-state index in [0.717, 1.165) is 21.6 Å². The minimum atomic E-state index is 0.302. The molecule has 4 nitrogen and oxygen atoms in total. The largest absolute Gasteiger partial charge is 0.399 e. The molecule has 2 unspecified atom stereocenters. The number of hydrogen-bond acceptors (Lipinski definition) is 6. The average Bonchev–Trinajstić information content (AvgIpc) is 2.87. The van der Waals surface area contributed by atoms with Gasteiger partial charge in [0.05, 0.1) is 5.25 Å². The molecular weight excluding hydrogens is 358 g/mol. The number of halogens is 1. The van der Waals surface area contributed by atoms with Gasteiger partial charge in [-0.2, -0.15) is 16.7 Å². The topological polar surface area (TPSA) is 64.9 Å². The van der Waals surface area contributed by atoms with Crippen molar-refractivity contribution >= 4 is 45.1 Å². The van der Waals surface area contributed by atoms with Gasteiger partial charge in [-0.25, -0.2) is 0 Å². The van der Waals surface area contributed by atoms with Crippen molar-refractivity contribution in [3.05, 3.63) is 28.5 Å². The number of rotatable bonds is 2. The second kappa shape index (κ2) is 5.99. The van der Waals surface area contributed by atoms with Gasteiger partial charge in [-0.1, -0.05) is 28.0 Å². The van der Waals surface area contributed by atoms with E-state index in [1.165, 1.54) is 5.75 Å². The molecule has 1 saturated heterocycles. The molecular formula is C13H14BrN3OS2. The second-order valence-electron chi connectivity index (χ2n) is 4.60. The molecule has 2 aromatic rings. The lowest BCUT2D eigenvalue weighted by Gasteiger charge is -2.24. The third-order valence-corrected chi connectivity index (χ3v) is 6.60. The predicted octanol–water partition coefficient (Wildman–Crippen LogP) is 3.99. The summed E-state index contributed by atoms with van der Waals surface area (Å²) in [5.74, 6) is 3.63. The first kappa shape index (κ1) is 14.3. The van der Waals surface area contributed by atoms with Crippen LogP contribution >= 0.6 is 39.5 Å². The SMILES string of the molecule is CC1SCCSC1c1noc(-c2cc(N)cc(Br)c2)n1. The monoisotopic (exact) mass is 371 g/mol. The summed E-state index contributed by atoms with van der Waals surface area (Å²) in [6.45, 7) is 2.22. The molecule has 0 aliphatic carbocycles. The van der Waals surface area contributed by atoms with E-state index in [1.807, 2.05) is 41.7 Å². The Bertz CT molecular complexity index is 599. The maximum absolute atomic E-state index is 5.84. The first-order valence-corrected chi connectivity index (χ1v) is 9.16. The van der Waals surface area contributed by atoms with Gasteiger partial charge in [0.25, 0.3) is 5.89 Å². The summed E-state index contributed by atoms with van der Waals surface area (Å²) in [6.07, 6.45) is 0. The van der Waals surface area contributed by atoms with E-state index in [-0.39, 0.29) is 0 Å². The van der Waals surface area contributed by atoms with Crippen LogP contribution in [0, 0.1) is 0 Å². The van der Waals surface area contributed by atoms with Crippen molar-refractivity contribution in [1.29, 1.82) is 0 Å². The van der Waals surface area contributed by atoms with Crippen molar-refractivity contribution in [2.45, 2.75) is 17.4 Å². The van der Waals surface area contributed by atoms with E-state index in [2.05, 4.69) is 33.0 Å². The number of anilines is 1. The summed E-state index contributed by atoms with van der Waals surface area (Å²) in [5.41, 5.74) is 7.36. The molecule has 20 heavy (non-hydrogen) atoms. The van der Waals surface area contributed by atoms with Gasteiger partial charge in [0.2, 0.25) is 0 Å². The first-order valence-electron chi connectivity index (χ1n) is 6.27. The highest BCUT2D eigenvalue weighted by molar-refractivity contribution is 9.10. The Kier molecular flexibility index (Phi) is 4.28. The summed E-state index contributed by atoms with van der Waals surface area (Å²) in [6, 6.07) is 5.62. The van der Waals surface area contributed by atoms with Gasteiger partial charge in [0, 0.05) is 32.5 Å². The molecule has 1 aliphatic heterocycles.